The van der Waals surface area contributed by atoms with Crippen molar-refractivity contribution in [3.63, 3.8) is 0 Å². The maximum atomic E-state index is 12.8. The van der Waals surface area contributed by atoms with Crippen LogP contribution >= 0.6 is 0 Å². The molecule has 0 aliphatic heterocycles. The lowest BCUT2D eigenvalue weighted by molar-refractivity contribution is 0.563. The second-order valence-electron chi connectivity index (χ2n) is 4.48. The fraction of sp³-hybridized carbons (Fsp3) is 0.214. The Morgan fingerprint density at radius 2 is 1.90 bits per heavy atom. The zero-order valence-corrected chi connectivity index (χ0v) is 11.8. The van der Waals surface area contributed by atoms with Crippen LogP contribution in [0.5, 0.6) is 0 Å². The molecule has 20 heavy (non-hydrogen) atoms. The molecule has 1 atom stereocenters. The summed E-state index contributed by atoms with van der Waals surface area (Å²) in [6, 6.07) is 10.3. The van der Waals surface area contributed by atoms with Crippen molar-refractivity contribution in [2.45, 2.75) is 18.7 Å². The second kappa shape index (κ2) is 6.11. The SMILES string of the molecule is C[C@H](NS(=O)(=O)Cc1ccc(F)cc1)c1ccccn1. The predicted octanol–water partition coefficient (Wildman–Crippen LogP) is 2.40. The van der Waals surface area contributed by atoms with Crippen molar-refractivity contribution >= 4 is 10.0 Å². The number of nitrogens with one attached hydrogen (secondary N) is 1. The molecule has 1 aromatic carbocycles. The topological polar surface area (TPSA) is 59.1 Å². The van der Waals surface area contributed by atoms with Crippen LogP contribution in [0.25, 0.3) is 0 Å². The molecule has 0 amide bonds. The van der Waals surface area contributed by atoms with Gasteiger partial charge in [-0.1, -0.05) is 18.2 Å². The van der Waals surface area contributed by atoms with Crippen LogP contribution in [0.3, 0.4) is 0 Å². The van der Waals surface area contributed by atoms with Gasteiger partial charge in [-0.15, -0.1) is 0 Å². The molecule has 106 valence electrons. The van der Waals surface area contributed by atoms with Crippen LogP contribution in [0.1, 0.15) is 24.2 Å². The van der Waals surface area contributed by atoms with E-state index in [4.69, 9.17) is 0 Å². The van der Waals surface area contributed by atoms with Crippen LogP contribution in [0.4, 0.5) is 4.39 Å². The summed E-state index contributed by atoms with van der Waals surface area (Å²) in [5.74, 6) is -0.578. The lowest BCUT2D eigenvalue weighted by atomic mass is 10.2. The van der Waals surface area contributed by atoms with Crippen LogP contribution in [0.15, 0.2) is 48.7 Å². The number of hydrogen-bond donors (Lipinski definition) is 1. The minimum absolute atomic E-state index is 0.190. The average molecular weight is 294 g/mol. The molecule has 1 aromatic heterocycles. The number of hydrogen-bond acceptors (Lipinski definition) is 3. The van der Waals surface area contributed by atoms with Gasteiger partial charge in [0.25, 0.3) is 0 Å². The van der Waals surface area contributed by atoms with E-state index in [1.807, 2.05) is 0 Å². The number of sulfonamides is 1. The number of pyridine rings is 1. The van der Waals surface area contributed by atoms with Crippen LogP contribution in [0, 0.1) is 5.82 Å². The lowest BCUT2D eigenvalue weighted by Crippen LogP contribution is -2.28. The van der Waals surface area contributed by atoms with Gasteiger partial charge >= 0.3 is 0 Å². The molecule has 1 N–H and O–H groups in total. The molecular weight excluding hydrogens is 279 g/mol. The fourth-order valence-corrected chi connectivity index (χ4v) is 3.18. The van der Waals surface area contributed by atoms with E-state index in [2.05, 4.69) is 9.71 Å². The molecule has 2 aromatic rings. The van der Waals surface area contributed by atoms with Crippen molar-refractivity contribution < 1.29 is 12.8 Å². The van der Waals surface area contributed by atoms with Crippen LogP contribution in [0.2, 0.25) is 0 Å². The van der Waals surface area contributed by atoms with Gasteiger partial charge in [-0.25, -0.2) is 17.5 Å². The third-order valence-corrected chi connectivity index (χ3v) is 4.18. The minimum Gasteiger partial charge on any atom is -0.260 e. The Balaban J connectivity index is 2.06. The maximum Gasteiger partial charge on any atom is 0.216 e. The number of halogens is 1. The van der Waals surface area contributed by atoms with Crippen molar-refractivity contribution in [2.24, 2.45) is 0 Å². The molecule has 0 saturated carbocycles. The molecule has 6 heteroatoms. The first-order valence-corrected chi connectivity index (χ1v) is 7.77. The maximum absolute atomic E-state index is 12.8. The predicted molar refractivity (Wildman–Crippen MR) is 74.8 cm³/mol. The smallest absolute Gasteiger partial charge is 0.216 e. The van der Waals surface area contributed by atoms with Crippen molar-refractivity contribution in [2.75, 3.05) is 0 Å². The molecule has 0 aliphatic rings. The number of aromatic nitrogens is 1. The van der Waals surface area contributed by atoms with Gasteiger partial charge in [-0.05, 0) is 36.8 Å². The largest absolute Gasteiger partial charge is 0.260 e. The molecule has 2 rings (SSSR count). The Labute approximate surface area is 117 Å². The molecule has 0 bridgehead atoms. The summed E-state index contributed by atoms with van der Waals surface area (Å²) in [6.07, 6.45) is 1.61. The van der Waals surface area contributed by atoms with Gasteiger partial charge < -0.3 is 0 Å². The van der Waals surface area contributed by atoms with Gasteiger partial charge in [0.05, 0.1) is 17.5 Å². The Kier molecular flexibility index (Phi) is 4.46. The van der Waals surface area contributed by atoms with Gasteiger partial charge in [0.15, 0.2) is 0 Å². The van der Waals surface area contributed by atoms with E-state index in [0.29, 0.717) is 11.3 Å². The van der Waals surface area contributed by atoms with E-state index in [9.17, 15) is 12.8 Å². The second-order valence-corrected chi connectivity index (χ2v) is 6.23. The summed E-state index contributed by atoms with van der Waals surface area (Å²) >= 11 is 0. The molecule has 0 fully saturated rings. The van der Waals surface area contributed by atoms with Gasteiger partial charge in [0.1, 0.15) is 5.82 Å². The van der Waals surface area contributed by atoms with Crippen molar-refractivity contribution in [1.29, 1.82) is 0 Å². The summed E-state index contributed by atoms with van der Waals surface area (Å²) in [5.41, 5.74) is 1.18. The molecule has 0 unspecified atom stereocenters. The minimum atomic E-state index is -3.51. The Morgan fingerprint density at radius 3 is 2.50 bits per heavy atom. The van der Waals surface area contributed by atoms with E-state index in [-0.39, 0.29) is 11.6 Å². The third kappa shape index (κ3) is 4.11. The van der Waals surface area contributed by atoms with Gasteiger partial charge in [0, 0.05) is 6.20 Å². The Bertz CT molecular complexity index is 657. The standard InChI is InChI=1S/C14H15FN2O2S/c1-11(14-4-2-3-9-16-14)17-20(18,19)10-12-5-7-13(15)8-6-12/h2-9,11,17H,10H2,1H3/t11-/m0/s1. The van der Waals surface area contributed by atoms with Crippen molar-refractivity contribution in [3.8, 4) is 0 Å². The molecule has 1 heterocycles. The molecular formula is C14H15FN2O2S. The Morgan fingerprint density at radius 1 is 1.20 bits per heavy atom. The zero-order valence-electron chi connectivity index (χ0n) is 11.0. The van der Waals surface area contributed by atoms with E-state index < -0.39 is 16.1 Å². The van der Waals surface area contributed by atoms with Crippen molar-refractivity contribution in [1.82, 2.24) is 9.71 Å². The highest BCUT2D eigenvalue weighted by molar-refractivity contribution is 7.88. The van der Waals surface area contributed by atoms with Crippen LogP contribution < -0.4 is 4.72 Å². The highest BCUT2D eigenvalue weighted by atomic mass is 32.2. The summed E-state index contributed by atoms with van der Waals surface area (Å²) < 4.78 is 39.4. The Hall–Kier alpha value is -1.79. The lowest BCUT2D eigenvalue weighted by Gasteiger charge is -2.13. The molecule has 0 aliphatic carbocycles. The highest BCUT2D eigenvalue weighted by Crippen LogP contribution is 2.12. The average Bonchev–Trinajstić information content (AvgIpc) is 2.41. The van der Waals surface area contributed by atoms with E-state index in [1.165, 1.54) is 24.3 Å². The van der Waals surface area contributed by atoms with Gasteiger partial charge in [0.2, 0.25) is 10.0 Å². The first kappa shape index (κ1) is 14.6. The summed E-state index contributed by atoms with van der Waals surface area (Å²) in [5, 5.41) is 0. The van der Waals surface area contributed by atoms with Crippen LogP contribution in [-0.4, -0.2) is 13.4 Å². The first-order valence-electron chi connectivity index (χ1n) is 6.12. The van der Waals surface area contributed by atoms with Gasteiger partial charge in [-0.3, -0.25) is 4.98 Å². The normalized spacial score (nSPS) is 13.1. The fourth-order valence-electron chi connectivity index (χ4n) is 1.80. The number of rotatable bonds is 5. The summed E-state index contributed by atoms with van der Waals surface area (Å²) in [7, 11) is -3.51. The summed E-state index contributed by atoms with van der Waals surface area (Å²) in [4.78, 5) is 4.10. The van der Waals surface area contributed by atoms with Gasteiger partial charge in [-0.2, -0.15) is 0 Å². The highest BCUT2D eigenvalue weighted by Gasteiger charge is 2.17. The molecule has 0 spiro atoms. The molecule has 0 saturated heterocycles. The molecule has 0 radical (unpaired) electrons. The summed E-state index contributed by atoms with van der Waals surface area (Å²) in [6.45, 7) is 1.73. The van der Waals surface area contributed by atoms with E-state index >= 15 is 0 Å². The van der Waals surface area contributed by atoms with Crippen LogP contribution in [-0.2, 0) is 15.8 Å². The van der Waals surface area contributed by atoms with E-state index in [0.717, 1.165) is 0 Å². The number of nitrogens with zero attached hydrogens (tertiary/aromatic N) is 1. The van der Waals surface area contributed by atoms with Crippen molar-refractivity contribution in [3.05, 3.63) is 65.7 Å². The third-order valence-electron chi connectivity index (χ3n) is 2.76. The van der Waals surface area contributed by atoms with E-state index in [1.54, 1.807) is 31.3 Å². The first-order chi connectivity index (χ1) is 9.46. The molecule has 4 nitrogen and oxygen atoms in total. The number of benzene rings is 1. The zero-order chi connectivity index (χ0) is 14.6. The quantitative estimate of drug-likeness (QED) is 0.921. The monoisotopic (exact) mass is 294 g/mol.